The fourth-order valence-corrected chi connectivity index (χ4v) is 4.19. The molecule has 0 aliphatic carbocycles. The fraction of sp³-hybridized carbons (Fsp3) is 0.161. The van der Waals surface area contributed by atoms with Crippen molar-refractivity contribution in [2.24, 2.45) is 0 Å². The van der Waals surface area contributed by atoms with E-state index in [2.05, 4.69) is 16.7 Å². The lowest BCUT2D eigenvalue weighted by Gasteiger charge is -2.23. The lowest BCUT2D eigenvalue weighted by molar-refractivity contribution is -0.118. The summed E-state index contributed by atoms with van der Waals surface area (Å²) >= 11 is 0. The third-order valence-electron chi connectivity index (χ3n) is 6.11. The summed E-state index contributed by atoms with van der Waals surface area (Å²) in [6.07, 6.45) is 3.00. The van der Waals surface area contributed by atoms with Crippen LogP contribution in [-0.2, 0) is 4.79 Å². The molecule has 0 aliphatic rings. The Hall–Kier alpha value is -4.78. The number of furan rings is 1. The second kappa shape index (κ2) is 12.0. The Bertz CT molecular complexity index is 1440. The summed E-state index contributed by atoms with van der Waals surface area (Å²) in [5.41, 5.74) is 4.38. The number of aryl methyl sites for hydroxylation is 2. The van der Waals surface area contributed by atoms with Gasteiger partial charge in [0, 0.05) is 11.6 Å². The van der Waals surface area contributed by atoms with Crippen LogP contribution < -0.4 is 20.1 Å². The van der Waals surface area contributed by atoms with Crippen LogP contribution in [0.3, 0.4) is 0 Å². The Morgan fingerprint density at radius 3 is 2.29 bits per heavy atom. The van der Waals surface area contributed by atoms with E-state index in [1.807, 2.05) is 56.3 Å². The highest BCUT2D eigenvalue weighted by molar-refractivity contribution is 6.05. The largest absolute Gasteiger partial charge is 0.493 e. The minimum absolute atomic E-state index is 0.0328. The second-order valence-electron chi connectivity index (χ2n) is 8.77. The van der Waals surface area contributed by atoms with Crippen LogP contribution in [0.25, 0.3) is 6.08 Å². The van der Waals surface area contributed by atoms with Gasteiger partial charge in [-0.2, -0.15) is 0 Å². The fourth-order valence-electron chi connectivity index (χ4n) is 4.19. The van der Waals surface area contributed by atoms with Crippen LogP contribution in [0.5, 0.6) is 11.5 Å². The van der Waals surface area contributed by atoms with Gasteiger partial charge in [-0.3, -0.25) is 9.59 Å². The normalized spacial score (nSPS) is 11.9. The smallest absolute Gasteiger partial charge is 0.268 e. The molecular weight excluding hydrogens is 480 g/mol. The van der Waals surface area contributed by atoms with Gasteiger partial charge in [-0.1, -0.05) is 54.1 Å². The summed E-state index contributed by atoms with van der Waals surface area (Å²) in [6.45, 7) is 4.05. The van der Waals surface area contributed by atoms with E-state index in [0.717, 1.165) is 22.3 Å². The molecule has 1 atom stereocenters. The van der Waals surface area contributed by atoms with Gasteiger partial charge in [-0.15, -0.1) is 0 Å². The molecule has 2 amide bonds. The van der Waals surface area contributed by atoms with Crippen molar-refractivity contribution in [3.63, 3.8) is 0 Å². The molecule has 0 saturated carbocycles. The highest BCUT2D eigenvalue weighted by Crippen LogP contribution is 2.28. The zero-order chi connectivity index (χ0) is 27.1. The lowest BCUT2D eigenvalue weighted by atomic mass is 9.93. The number of nitrogens with one attached hydrogen (secondary N) is 2. The maximum atomic E-state index is 13.7. The van der Waals surface area contributed by atoms with E-state index < -0.39 is 17.9 Å². The summed E-state index contributed by atoms with van der Waals surface area (Å²) < 4.78 is 16.0. The standard InChI is InChI=1S/C31H30N2O5/c1-20-12-14-25(21(2)17-20)29(22-9-6-5-7-10-22)33-31(35)26(19-24-11-8-16-38-24)32-30(34)23-13-15-27(36-3)28(18-23)37-4/h5-19,29H,1-4H3,(H,32,34)(H,33,35)/b26-19-. The molecule has 38 heavy (non-hydrogen) atoms. The molecule has 0 radical (unpaired) electrons. The van der Waals surface area contributed by atoms with E-state index in [9.17, 15) is 9.59 Å². The van der Waals surface area contributed by atoms with Crippen molar-refractivity contribution in [3.8, 4) is 11.5 Å². The number of carbonyl (C=O) groups is 2. The molecule has 0 aliphatic heterocycles. The summed E-state index contributed by atoms with van der Waals surface area (Å²) in [5.74, 6) is 0.365. The van der Waals surface area contributed by atoms with E-state index in [0.29, 0.717) is 22.8 Å². The van der Waals surface area contributed by atoms with Crippen LogP contribution >= 0.6 is 0 Å². The number of amides is 2. The van der Waals surface area contributed by atoms with Gasteiger partial charge in [0.1, 0.15) is 11.5 Å². The van der Waals surface area contributed by atoms with Gasteiger partial charge in [0.15, 0.2) is 11.5 Å². The number of methoxy groups -OCH3 is 2. The predicted octanol–water partition coefficient (Wildman–Crippen LogP) is 5.59. The summed E-state index contributed by atoms with van der Waals surface area (Å²) in [6, 6.07) is 23.6. The van der Waals surface area contributed by atoms with Gasteiger partial charge in [-0.05, 0) is 60.9 Å². The van der Waals surface area contributed by atoms with E-state index in [4.69, 9.17) is 13.9 Å². The van der Waals surface area contributed by atoms with Crippen LogP contribution in [0, 0.1) is 13.8 Å². The second-order valence-corrected chi connectivity index (χ2v) is 8.77. The number of hydrogen-bond donors (Lipinski definition) is 2. The average molecular weight is 511 g/mol. The zero-order valence-electron chi connectivity index (χ0n) is 21.8. The van der Waals surface area contributed by atoms with Crippen molar-refractivity contribution in [1.29, 1.82) is 0 Å². The third kappa shape index (κ3) is 6.13. The summed E-state index contributed by atoms with van der Waals surface area (Å²) in [4.78, 5) is 26.9. The molecule has 0 spiro atoms. The van der Waals surface area contributed by atoms with Crippen molar-refractivity contribution in [3.05, 3.63) is 124 Å². The third-order valence-corrected chi connectivity index (χ3v) is 6.11. The maximum absolute atomic E-state index is 13.7. The number of hydrogen-bond acceptors (Lipinski definition) is 5. The van der Waals surface area contributed by atoms with Crippen LogP contribution in [0.1, 0.15) is 44.4 Å². The Morgan fingerprint density at radius 1 is 0.868 bits per heavy atom. The van der Waals surface area contributed by atoms with Crippen molar-refractivity contribution >= 4 is 17.9 Å². The molecule has 4 rings (SSSR count). The number of carbonyl (C=O) groups excluding carboxylic acids is 2. The first kappa shape index (κ1) is 26.3. The topological polar surface area (TPSA) is 89.8 Å². The van der Waals surface area contributed by atoms with Crippen molar-refractivity contribution in [2.75, 3.05) is 14.2 Å². The van der Waals surface area contributed by atoms with Gasteiger partial charge in [0.25, 0.3) is 11.8 Å². The minimum Gasteiger partial charge on any atom is -0.493 e. The molecule has 1 aromatic heterocycles. The van der Waals surface area contributed by atoms with Gasteiger partial charge in [0.05, 0.1) is 26.5 Å². The Kier molecular flexibility index (Phi) is 8.28. The van der Waals surface area contributed by atoms with Gasteiger partial charge >= 0.3 is 0 Å². The Morgan fingerprint density at radius 2 is 1.63 bits per heavy atom. The minimum atomic E-state index is -0.485. The van der Waals surface area contributed by atoms with E-state index in [1.165, 1.54) is 26.6 Å². The number of ether oxygens (including phenoxy) is 2. The molecule has 194 valence electrons. The highest BCUT2D eigenvalue weighted by atomic mass is 16.5. The van der Waals surface area contributed by atoms with E-state index in [1.54, 1.807) is 30.3 Å². The molecule has 0 fully saturated rings. The van der Waals surface area contributed by atoms with E-state index in [-0.39, 0.29) is 5.70 Å². The number of rotatable bonds is 9. The first-order valence-electron chi connectivity index (χ1n) is 12.1. The molecule has 2 N–H and O–H groups in total. The van der Waals surface area contributed by atoms with Crippen molar-refractivity contribution < 1.29 is 23.5 Å². The summed E-state index contributed by atoms with van der Waals surface area (Å²) in [7, 11) is 3.01. The quantitative estimate of drug-likeness (QED) is 0.287. The highest BCUT2D eigenvalue weighted by Gasteiger charge is 2.23. The van der Waals surface area contributed by atoms with E-state index >= 15 is 0 Å². The molecule has 3 aromatic carbocycles. The van der Waals surface area contributed by atoms with Crippen LogP contribution in [-0.4, -0.2) is 26.0 Å². The Balaban J connectivity index is 1.68. The average Bonchev–Trinajstić information content (AvgIpc) is 3.45. The first-order valence-corrected chi connectivity index (χ1v) is 12.1. The molecule has 0 saturated heterocycles. The van der Waals surface area contributed by atoms with Gasteiger partial charge < -0.3 is 24.5 Å². The first-order chi connectivity index (χ1) is 18.4. The van der Waals surface area contributed by atoms with Crippen LogP contribution in [0.2, 0.25) is 0 Å². The SMILES string of the molecule is COc1ccc(C(=O)N/C(=C\c2ccco2)C(=O)NC(c2ccccc2)c2ccc(C)cc2C)cc1OC. The zero-order valence-corrected chi connectivity index (χ0v) is 21.8. The van der Waals surface area contributed by atoms with Gasteiger partial charge in [0.2, 0.25) is 0 Å². The summed E-state index contributed by atoms with van der Waals surface area (Å²) in [5, 5.41) is 5.86. The molecule has 1 unspecified atom stereocenters. The molecular formula is C31H30N2O5. The van der Waals surface area contributed by atoms with Crippen LogP contribution in [0.15, 0.2) is 95.2 Å². The van der Waals surface area contributed by atoms with Crippen molar-refractivity contribution in [1.82, 2.24) is 10.6 Å². The molecule has 1 heterocycles. The molecule has 7 nitrogen and oxygen atoms in total. The lowest BCUT2D eigenvalue weighted by Crippen LogP contribution is -2.37. The van der Waals surface area contributed by atoms with Crippen molar-refractivity contribution in [2.45, 2.75) is 19.9 Å². The van der Waals surface area contributed by atoms with Gasteiger partial charge in [-0.25, -0.2) is 0 Å². The molecule has 7 heteroatoms. The maximum Gasteiger partial charge on any atom is 0.268 e. The predicted molar refractivity (Wildman–Crippen MR) is 146 cm³/mol. The molecule has 0 bridgehead atoms. The Labute approximate surface area is 222 Å². The van der Waals surface area contributed by atoms with Crippen LogP contribution in [0.4, 0.5) is 0 Å². The monoisotopic (exact) mass is 510 g/mol. The number of benzene rings is 3. The molecule has 4 aromatic rings.